The van der Waals surface area contributed by atoms with E-state index in [2.05, 4.69) is 6.92 Å². The Balaban J connectivity index is 1.58. The number of halogens is 8. The number of benzene rings is 4. The normalized spacial score (nSPS) is 12.2. The standard InChI is InChI=1S/C32H24F8/c1-2-3-4-5-19-6-8-20(9-7-19)21-10-12-24(26(33)14-21)22-11-13-25(27(34)15-22)23-16-28(35)31(29(36)17-23)30(37)18-32(38,39)40/h6-18H,2-5H2,1H3/b30-18-. The van der Waals surface area contributed by atoms with E-state index in [-0.39, 0.29) is 22.3 Å². The van der Waals surface area contributed by atoms with Gasteiger partial charge in [-0.15, -0.1) is 0 Å². The minimum absolute atomic E-state index is 0.0949. The summed E-state index contributed by atoms with van der Waals surface area (Å²) >= 11 is 0. The van der Waals surface area contributed by atoms with Gasteiger partial charge in [0, 0.05) is 11.1 Å². The largest absolute Gasteiger partial charge is 0.412 e. The van der Waals surface area contributed by atoms with Crippen LogP contribution in [0.3, 0.4) is 0 Å². The summed E-state index contributed by atoms with van der Waals surface area (Å²) in [5, 5.41) is 0. The molecule has 0 N–H and O–H groups in total. The van der Waals surface area contributed by atoms with Crippen LogP contribution in [-0.4, -0.2) is 6.18 Å². The van der Waals surface area contributed by atoms with Gasteiger partial charge in [0.1, 0.15) is 29.1 Å². The fraction of sp³-hybridized carbons (Fsp3) is 0.188. The van der Waals surface area contributed by atoms with Crippen LogP contribution >= 0.6 is 0 Å². The van der Waals surface area contributed by atoms with E-state index in [4.69, 9.17) is 0 Å². The van der Waals surface area contributed by atoms with E-state index in [1.54, 1.807) is 6.07 Å². The molecular weight excluding hydrogens is 536 g/mol. The lowest BCUT2D eigenvalue weighted by molar-refractivity contribution is -0.0798. The van der Waals surface area contributed by atoms with Crippen molar-refractivity contribution in [2.24, 2.45) is 0 Å². The second-order valence-electron chi connectivity index (χ2n) is 9.39. The smallest absolute Gasteiger partial charge is 0.206 e. The van der Waals surface area contributed by atoms with Gasteiger partial charge in [-0.2, -0.15) is 13.2 Å². The lowest BCUT2D eigenvalue weighted by atomic mass is 9.96. The summed E-state index contributed by atoms with van der Waals surface area (Å²) in [6, 6.07) is 16.9. The van der Waals surface area contributed by atoms with E-state index in [1.807, 2.05) is 24.3 Å². The first-order valence-corrected chi connectivity index (χ1v) is 12.6. The molecule has 0 aliphatic carbocycles. The van der Waals surface area contributed by atoms with E-state index >= 15 is 4.39 Å². The van der Waals surface area contributed by atoms with Crippen LogP contribution < -0.4 is 0 Å². The van der Waals surface area contributed by atoms with Crippen LogP contribution in [0.2, 0.25) is 0 Å². The SMILES string of the molecule is CCCCCc1ccc(-c2ccc(-c3ccc(-c4cc(F)c(/C(F)=C/C(F)(F)F)c(F)c4)c(F)c3)c(F)c2)cc1. The second kappa shape index (κ2) is 12.1. The Bertz CT molecular complexity index is 1510. The molecule has 0 saturated heterocycles. The van der Waals surface area contributed by atoms with Crippen LogP contribution in [0.15, 0.2) is 78.9 Å². The van der Waals surface area contributed by atoms with Crippen molar-refractivity contribution in [1.82, 2.24) is 0 Å². The van der Waals surface area contributed by atoms with E-state index in [0.717, 1.165) is 43.4 Å². The zero-order chi connectivity index (χ0) is 29.0. The molecule has 0 amide bonds. The fourth-order valence-electron chi connectivity index (χ4n) is 4.46. The molecule has 0 unspecified atom stereocenters. The first kappa shape index (κ1) is 29.1. The van der Waals surface area contributed by atoms with Crippen molar-refractivity contribution in [2.75, 3.05) is 0 Å². The first-order valence-electron chi connectivity index (χ1n) is 12.6. The van der Waals surface area contributed by atoms with Crippen molar-refractivity contribution in [3.8, 4) is 33.4 Å². The predicted octanol–water partition coefficient (Wildman–Crippen LogP) is 10.8. The molecule has 0 atom stereocenters. The first-order chi connectivity index (χ1) is 19.0. The van der Waals surface area contributed by atoms with Crippen molar-refractivity contribution in [3.05, 3.63) is 113 Å². The number of allylic oxidation sites excluding steroid dienone is 1. The van der Waals surface area contributed by atoms with Gasteiger partial charge in [0.25, 0.3) is 0 Å². The van der Waals surface area contributed by atoms with E-state index in [9.17, 15) is 30.7 Å². The third kappa shape index (κ3) is 6.79. The Kier molecular flexibility index (Phi) is 8.76. The molecule has 0 aliphatic heterocycles. The molecule has 4 rings (SSSR count). The molecular formula is C32H24F8. The highest BCUT2D eigenvalue weighted by Crippen LogP contribution is 2.35. The van der Waals surface area contributed by atoms with Crippen LogP contribution in [0.4, 0.5) is 35.1 Å². The molecule has 208 valence electrons. The molecule has 0 spiro atoms. The molecule has 0 aromatic heterocycles. The fourth-order valence-corrected chi connectivity index (χ4v) is 4.46. The van der Waals surface area contributed by atoms with Crippen LogP contribution in [0.1, 0.15) is 37.3 Å². The van der Waals surface area contributed by atoms with Gasteiger partial charge in [-0.05, 0) is 64.9 Å². The topological polar surface area (TPSA) is 0 Å². The van der Waals surface area contributed by atoms with Crippen LogP contribution in [0.5, 0.6) is 0 Å². The highest BCUT2D eigenvalue weighted by molar-refractivity contribution is 5.75. The van der Waals surface area contributed by atoms with E-state index in [0.29, 0.717) is 17.7 Å². The van der Waals surface area contributed by atoms with Gasteiger partial charge in [-0.25, -0.2) is 22.0 Å². The molecule has 0 aliphatic rings. The predicted molar refractivity (Wildman–Crippen MR) is 141 cm³/mol. The Morgan fingerprint density at radius 3 is 1.68 bits per heavy atom. The van der Waals surface area contributed by atoms with Crippen molar-refractivity contribution in [3.63, 3.8) is 0 Å². The van der Waals surface area contributed by atoms with Gasteiger partial charge in [0.05, 0.1) is 11.6 Å². The Hall–Kier alpha value is -3.94. The molecule has 0 bridgehead atoms. The number of unbranched alkanes of at least 4 members (excludes halogenated alkanes) is 2. The van der Waals surface area contributed by atoms with Gasteiger partial charge in [0.2, 0.25) is 0 Å². The van der Waals surface area contributed by atoms with Gasteiger partial charge < -0.3 is 0 Å². The maximum absolute atomic E-state index is 15.1. The molecule has 0 fully saturated rings. The summed E-state index contributed by atoms with van der Waals surface area (Å²) in [4.78, 5) is 0. The van der Waals surface area contributed by atoms with Gasteiger partial charge in [-0.1, -0.05) is 68.3 Å². The Morgan fingerprint density at radius 1 is 0.625 bits per heavy atom. The highest BCUT2D eigenvalue weighted by atomic mass is 19.4. The van der Waals surface area contributed by atoms with Gasteiger partial charge in [0.15, 0.2) is 0 Å². The monoisotopic (exact) mass is 560 g/mol. The average Bonchev–Trinajstić information content (AvgIpc) is 2.87. The number of rotatable bonds is 8. The van der Waals surface area contributed by atoms with Crippen molar-refractivity contribution in [1.29, 1.82) is 0 Å². The van der Waals surface area contributed by atoms with Crippen LogP contribution in [0, 0.1) is 23.3 Å². The molecule has 0 saturated carbocycles. The zero-order valence-electron chi connectivity index (χ0n) is 21.4. The third-order valence-corrected chi connectivity index (χ3v) is 6.49. The molecule has 4 aromatic rings. The van der Waals surface area contributed by atoms with Crippen molar-refractivity contribution < 1.29 is 35.1 Å². The van der Waals surface area contributed by atoms with Gasteiger partial charge >= 0.3 is 6.18 Å². The number of aryl methyl sites for hydroxylation is 1. The highest BCUT2D eigenvalue weighted by Gasteiger charge is 2.28. The van der Waals surface area contributed by atoms with E-state index < -0.39 is 46.9 Å². The molecule has 8 heteroatoms. The van der Waals surface area contributed by atoms with Crippen LogP contribution in [0.25, 0.3) is 39.2 Å². The Labute approximate surface area is 226 Å². The van der Waals surface area contributed by atoms with Crippen molar-refractivity contribution >= 4 is 5.83 Å². The lowest BCUT2D eigenvalue weighted by Gasteiger charge is -2.11. The van der Waals surface area contributed by atoms with E-state index in [1.165, 1.54) is 23.8 Å². The molecule has 40 heavy (non-hydrogen) atoms. The second-order valence-corrected chi connectivity index (χ2v) is 9.39. The summed E-state index contributed by atoms with van der Waals surface area (Å²) in [5.74, 6) is -6.98. The van der Waals surface area contributed by atoms with Gasteiger partial charge in [-0.3, -0.25) is 0 Å². The Morgan fingerprint density at radius 2 is 1.12 bits per heavy atom. The summed E-state index contributed by atoms with van der Waals surface area (Å²) in [6.45, 7) is 2.14. The maximum Gasteiger partial charge on any atom is 0.412 e. The van der Waals surface area contributed by atoms with Crippen LogP contribution in [-0.2, 0) is 6.42 Å². The number of hydrogen-bond acceptors (Lipinski definition) is 0. The zero-order valence-corrected chi connectivity index (χ0v) is 21.4. The third-order valence-electron chi connectivity index (χ3n) is 6.49. The summed E-state index contributed by atoms with van der Waals surface area (Å²) in [6.07, 6.45) is -1.64. The molecule has 0 radical (unpaired) electrons. The van der Waals surface area contributed by atoms with Crippen molar-refractivity contribution in [2.45, 2.75) is 38.8 Å². The number of hydrogen-bond donors (Lipinski definition) is 0. The molecule has 0 heterocycles. The minimum atomic E-state index is -5.13. The lowest BCUT2D eigenvalue weighted by Crippen LogP contribution is -2.04. The summed E-state index contributed by atoms with van der Waals surface area (Å²) in [7, 11) is 0. The number of alkyl halides is 3. The summed E-state index contributed by atoms with van der Waals surface area (Å²) < 4.78 is 110. The molecule has 4 aromatic carbocycles. The molecule has 0 nitrogen and oxygen atoms in total. The summed E-state index contributed by atoms with van der Waals surface area (Å²) in [5.41, 5.74) is 0.733. The minimum Gasteiger partial charge on any atom is -0.206 e. The average molecular weight is 561 g/mol. The quantitative estimate of drug-likeness (QED) is 0.149. The maximum atomic E-state index is 15.1.